The number of hydrogen-bond donors (Lipinski definition) is 0. The second-order valence-corrected chi connectivity index (χ2v) is 7.59. The summed E-state index contributed by atoms with van der Waals surface area (Å²) in [7, 11) is 0. The molecule has 1 heterocycles. The molecule has 0 N–H and O–H groups in total. The van der Waals surface area contributed by atoms with Gasteiger partial charge >= 0.3 is 5.97 Å². The lowest BCUT2D eigenvalue weighted by Gasteiger charge is -2.39. The third kappa shape index (κ3) is 4.68. The van der Waals surface area contributed by atoms with E-state index in [1.54, 1.807) is 17.0 Å². The van der Waals surface area contributed by atoms with Crippen LogP contribution in [0.25, 0.3) is 0 Å². The van der Waals surface area contributed by atoms with Gasteiger partial charge in [-0.1, -0.05) is 32.9 Å². The van der Waals surface area contributed by atoms with E-state index in [0.717, 1.165) is 5.56 Å². The lowest BCUT2D eigenvalue weighted by Crippen LogP contribution is -2.41. The summed E-state index contributed by atoms with van der Waals surface area (Å²) in [5.41, 5.74) is 1.06. The van der Waals surface area contributed by atoms with Crippen LogP contribution in [0, 0.1) is 5.41 Å². The van der Waals surface area contributed by atoms with Crippen molar-refractivity contribution in [2.45, 2.75) is 46.8 Å². The maximum atomic E-state index is 12.2. The van der Waals surface area contributed by atoms with Crippen LogP contribution in [0.15, 0.2) is 24.3 Å². The molecule has 0 spiro atoms. The van der Waals surface area contributed by atoms with Crippen molar-refractivity contribution >= 4 is 11.9 Å². The van der Waals surface area contributed by atoms with Crippen LogP contribution in [0.3, 0.4) is 0 Å². The number of esters is 1. The zero-order valence-electron chi connectivity index (χ0n) is 17.0. The predicted octanol–water partition coefficient (Wildman–Crippen LogP) is 3.35. The van der Waals surface area contributed by atoms with E-state index in [4.69, 9.17) is 14.2 Å². The SMILES string of the molecule is CCN(CC)C(=O)CCOC(=O)c1ccc(C2(C(C)(C)C)OCCO2)cc1. The van der Waals surface area contributed by atoms with E-state index in [1.165, 1.54) is 0 Å². The van der Waals surface area contributed by atoms with E-state index < -0.39 is 11.8 Å². The van der Waals surface area contributed by atoms with Crippen molar-refractivity contribution in [3.8, 4) is 0 Å². The molecule has 1 aliphatic rings. The van der Waals surface area contributed by atoms with Gasteiger partial charge in [0.15, 0.2) is 5.79 Å². The second kappa shape index (κ2) is 8.85. The number of carbonyl (C=O) groups is 2. The minimum Gasteiger partial charge on any atom is -0.462 e. The van der Waals surface area contributed by atoms with Crippen LogP contribution in [0.1, 0.15) is 57.0 Å². The minimum atomic E-state index is -0.814. The van der Waals surface area contributed by atoms with Gasteiger partial charge in [-0.2, -0.15) is 0 Å². The highest BCUT2D eigenvalue weighted by Gasteiger charge is 2.48. The fraction of sp³-hybridized carbons (Fsp3) is 0.619. The summed E-state index contributed by atoms with van der Waals surface area (Å²) in [4.78, 5) is 25.9. The van der Waals surface area contributed by atoms with Gasteiger partial charge in [0.2, 0.25) is 5.91 Å². The van der Waals surface area contributed by atoms with Gasteiger partial charge in [0, 0.05) is 24.1 Å². The molecule has 0 atom stereocenters. The third-order valence-electron chi connectivity index (χ3n) is 4.85. The molecule has 0 saturated carbocycles. The molecule has 6 heteroatoms. The first-order valence-corrected chi connectivity index (χ1v) is 9.58. The lowest BCUT2D eigenvalue weighted by molar-refractivity contribution is -0.232. The molecule has 0 bridgehead atoms. The van der Waals surface area contributed by atoms with Gasteiger partial charge in [-0.15, -0.1) is 0 Å². The summed E-state index contributed by atoms with van der Waals surface area (Å²) in [5.74, 6) is -1.26. The van der Waals surface area contributed by atoms with Gasteiger partial charge in [0.25, 0.3) is 0 Å². The molecule has 0 aliphatic carbocycles. The summed E-state index contributed by atoms with van der Waals surface area (Å²) in [6.45, 7) is 12.5. The molecule has 6 nitrogen and oxygen atoms in total. The number of amides is 1. The Bertz CT molecular complexity index is 638. The van der Waals surface area contributed by atoms with E-state index >= 15 is 0 Å². The minimum absolute atomic E-state index is 0.00852. The third-order valence-corrected chi connectivity index (χ3v) is 4.85. The molecule has 1 fully saturated rings. The summed E-state index contributed by atoms with van der Waals surface area (Å²) in [6, 6.07) is 7.10. The summed E-state index contributed by atoms with van der Waals surface area (Å²) in [5, 5.41) is 0. The monoisotopic (exact) mass is 377 g/mol. The standard InChI is InChI=1S/C21H31NO5/c1-6-22(7-2)18(23)12-13-25-19(24)16-8-10-17(11-9-16)21(20(3,4)5)26-14-15-27-21/h8-11H,6-7,12-15H2,1-5H3. The average molecular weight is 377 g/mol. The molecule has 1 amide bonds. The molecule has 27 heavy (non-hydrogen) atoms. The van der Waals surface area contributed by atoms with Gasteiger partial charge in [0.05, 0.1) is 25.2 Å². The Morgan fingerprint density at radius 1 is 1.07 bits per heavy atom. The Hall–Kier alpha value is -1.92. The first-order valence-electron chi connectivity index (χ1n) is 9.58. The summed E-state index contributed by atoms with van der Waals surface area (Å²) < 4.78 is 17.1. The predicted molar refractivity (Wildman–Crippen MR) is 102 cm³/mol. The van der Waals surface area contributed by atoms with Gasteiger partial charge in [-0.3, -0.25) is 4.79 Å². The normalized spacial score (nSPS) is 16.2. The molecular weight excluding hydrogens is 346 g/mol. The molecular formula is C21H31NO5. The van der Waals surface area contributed by atoms with Crippen molar-refractivity contribution in [2.24, 2.45) is 5.41 Å². The van der Waals surface area contributed by atoms with Crippen LogP contribution in [-0.2, 0) is 24.8 Å². The van der Waals surface area contributed by atoms with Gasteiger partial charge in [-0.25, -0.2) is 4.79 Å². The van der Waals surface area contributed by atoms with Gasteiger partial charge in [0.1, 0.15) is 6.61 Å². The molecule has 1 aromatic rings. The van der Waals surface area contributed by atoms with E-state index in [1.807, 2.05) is 26.0 Å². The first kappa shape index (κ1) is 21.4. The molecule has 1 saturated heterocycles. The lowest BCUT2D eigenvalue weighted by atomic mass is 9.80. The van der Waals surface area contributed by atoms with E-state index in [0.29, 0.717) is 31.9 Å². The Morgan fingerprint density at radius 3 is 2.11 bits per heavy atom. The van der Waals surface area contributed by atoms with Crippen LogP contribution in [-0.4, -0.2) is 49.7 Å². The highest BCUT2D eigenvalue weighted by atomic mass is 16.7. The van der Waals surface area contributed by atoms with Crippen molar-refractivity contribution in [3.05, 3.63) is 35.4 Å². The Morgan fingerprint density at radius 2 is 1.63 bits per heavy atom. The fourth-order valence-electron chi connectivity index (χ4n) is 3.32. The number of hydrogen-bond acceptors (Lipinski definition) is 5. The number of benzene rings is 1. The van der Waals surface area contributed by atoms with Crippen LogP contribution in [0.2, 0.25) is 0 Å². The zero-order valence-corrected chi connectivity index (χ0v) is 17.0. The largest absolute Gasteiger partial charge is 0.462 e. The molecule has 0 aromatic heterocycles. The van der Waals surface area contributed by atoms with Crippen molar-refractivity contribution in [1.29, 1.82) is 0 Å². The molecule has 150 valence electrons. The molecule has 0 radical (unpaired) electrons. The molecule has 1 aromatic carbocycles. The molecule has 1 aliphatic heterocycles. The zero-order chi connectivity index (χ0) is 20.1. The van der Waals surface area contributed by atoms with Crippen LogP contribution in [0.4, 0.5) is 0 Å². The Balaban J connectivity index is 1.98. The summed E-state index contributed by atoms with van der Waals surface area (Å²) >= 11 is 0. The van der Waals surface area contributed by atoms with Crippen LogP contribution < -0.4 is 0 Å². The number of ether oxygens (including phenoxy) is 3. The van der Waals surface area contributed by atoms with Crippen LogP contribution >= 0.6 is 0 Å². The van der Waals surface area contributed by atoms with E-state index in [2.05, 4.69) is 20.8 Å². The number of rotatable bonds is 7. The van der Waals surface area contributed by atoms with Crippen molar-refractivity contribution in [3.63, 3.8) is 0 Å². The maximum Gasteiger partial charge on any atom is 0.338 e. The van der Waals surface area contributed by atoms with Crippen molar-refractivity contribution < 1.29 is 23.8 Å². The van der Waals surface area contributed by atoms with Crippen LogP contribution in [0.5, 0.6) is 0 Å². The number of carbonyl (C=O) groups excluding carboxylic acids is 2. The summed E-state index contributed by atoms with van der Waals surface area (Å²) in [6.07, 6.45) is 0.195. The maximum absolute atomic E-state index is 12.2. The smallest absolute Gasteiger partial charge is 0.338 e. The molecule has 2 rings (SSSR count). The van der Waals surface area contributed by atoms with Crippen molar-refractivity contribution in [2.75, 3.05) is 32.9 Å². The van der Waals surface area contributed by atoms with E-state index in [-0.39, 0.29) is 24.3 Å². The quantitative estimate of drug-likeness (QED) is 0.682. The Labute approximate surface area is 161 Å². The highest BCUT2D eigenvalue weighted by molar-refractivity contribution is 5.89. The fourth-order valence-corrected chi connectivity index (χ4v) is 3.32. The number of nitrogens with zero attached hydrogens (tertiary/aromatic N) is 1. The second-order valence-electron chi connectivity index (χ2n) is 7.59. The van der Waals surface area contributed by atoms with Crippen molar-refractivity contribution in [1.82, 2.24) is 4.90 Å². The van der Waals surface area contributed by atoms with E-state index in [9.17, 15) is 9.59 Å². The topological polar surface area (TPSA) is 65.1 Å². The highest BCUT2D eigenvalue weighted by Crippen LogP contribution is 2.46. The van der Waals surface area contributed by atoms with Gasteiger partial charge < -0.3 is 19.1 Å². The average Bonchev–Trinajstić information content (AvgIpc) is 3.14. The Kier molecular flexibility index (Phi) is 7.00. The molecule has 0 unspecified atom stereocenters. The van der Waals surface area contributed by atoms with Gasteiger partial charge in [-0.05, 0) is 26.0 Å². The first-order chi connectivity index (χ1) is 12.7.